The summed E-state index contributed by atoms with van der Waals surface area (Å²) in [5.41, 5.74) is 9.80. The van der Waals surface area contributed by atoms with Gasteiger partial charge in [0.2, 0.25) is 0 Å². The van der Waals surface area contributed by atoms with Crippen molar-refractivity contribution in [3.8, 4) is 11.3 Å². The maximum atomic E-state index is 5.54. The minimum atomic E-state index is 0.696. The van der Waals surface area contributed by atoms with E-state index in [-0.39, 0.29) is 0 Å². The van der Waals surface area contributed by atoms with E-state index >= 15 is 0 Å². The minimum Gasteiger partial charge on any atom is -0.330 e. The van der Waals surface area contributed by atoms with Crippen LogP contribution in [0.2, 0.25) is 0 Å². The number of hydrogen-bond donors (Lipinski definition) is 1. The van der Waals surface area contributed by atoms with Gasteiger partial charge in [-0.1, -0.05) is 6.07 Å². The molecule has 0 bridgehead atoms. The van der Waals surface area contributed by atoms with Crippen LogP contribution >= 0.6 is 0 Å². The quantitative estimate of drug-likeness (QED) is 0.775. The third-order valence-corrected chi connectivity index (χ3v) is 3.17. The monoisotopic (exact) mass is 252 g/mol. The standard InChI is InChI=1S/C15H16N4/c16-7-3-4-13-10-12(6-8-17-13)14-11-18-15-5-1-2-9-19(14)15/h1-2,5-6,8-11H,3-4,7,16H2. The Morgan fingerprint density at radius 2 is 2.11 bits per heavy atom. The zero-order valence-corrected chi connectivity index (χ0v) is 10.7. The molecule has 0 fully saturated rings. The van der Waals surface area contributed by atoms with Crippen LogP contribution in [0.4, 0.5) is 0 Å². The highest BCUT2D eigenvalue weighted by Gasteiger charge is 2.06. The molecule has 0 atom stereocenters. The van der Waals surface area contributed by atoms with E-state index in [1.165, 1.54) is 0 Å². The molecular weight excluding hydrogens is 236 g/mol. The maximum Gasteiger partial charge on any atom is 0.137 e. The van der Waals surface area contributed by atoms with Crippen molar-refractivity contribution >= 4 is 5.65 Å². The minimum absolute atomic E-state index is 0.696. The van der Waals surface area contributed by atoms with E-state index in [1.807, 2.05) is 42.9 Å². The summed E-state index contributed by atoms with van der Waals surface area (Å²) in [6.07, 6.45) is 7.66. The molecule has 0 radical (unpaired) electrons. The number of nitrogens with two attached hydrogens (primary N) is 1. The van der Waals surface area contributed by atoms with Gasteiger partial charge in [-0.3, -0.25) is 9.38 Å². The summed E-state index contributed by atoms with van der Waals surface area (Å²) >= 11 is 0. The molecule has 0 unspecified atom stereocenters. The van der Waals surface area contributed by atoms with Gasteiger partial charge in [-0.05, 0) is 43.7 Å². The number of nitrogens with zero attached hydrogens (tertiary/aromatic N) is 3. The first-order valence-corrected chi connectivity index (χ1v) is 6.46. The summed E-state index contributed by atoms with van der Waals surface area (Å²) < 4.78 is 2.09. The number of pyridine rings is 2. The third kappa shape index (κ3) is 2.35. The average molecular weight is 252 g/mol. The molecule has 0 spiro atoms. The van der Waals surface area contributed by atoms with Crippen molar-refractivity contribution in [2.45, 2.75) is 12.8 Å². The van der Waals surface area contributed by atoms with Gasteiger partial charge in [0.05, 0.1) is 11.9 Å². The number of rotatable bonds is 4. The Morgan fingerprint density at radius 3 is 3.00 bits per heavy atom. The van der Waals surface area contributed by atoms with E-state index in [2.05, 4.69) is 20.4 Å². The summed E-state index contributed by atoms with van der Waals surface area (Å²) in [5.74, 6) is 0. The third-order valence-electron chi connectivity index (χ3n) is 3.17. The molecule has 3 rings (SSSR count). The summed E-state index contributed by atoms with van der Waals surface area (Å²) in [6, 6.07) is 10.1. The van der Waals surface area contributed by atoms with Gasteiger partial charge in [0, 0.05) is 23.7 Å². The van der Waals surface area contributed by atoms with Crippen molar-refractivity contribution in [3.05, 3.63) is 54.6 Å². The number of aryl methyl sites for hydroxylation is 1. The highest BCUT2D eigenvalue weighted by molar-refractivity contribution is 5.63. The molecule has 19 heavy (non-hydrogen) atoms. The highest BCUT2D eigenvalue weighted by Crippen LogP contribution is 2.21. The molecule has 2 N–H and O–H groups in total. The molecule has 4 nitrogen and oxygen atoms in total. The predicted molar refractivity (Wildman–Crippen MR) is 75.8 cm³/mol. The lowest BCUT2D eigenvalue weighted by Gasteiger charge is -2.04. The average Bonchev–Trinajstić information content (AvgIpc) is 2.89. The molecule has 96 valence electrons. The van der Waals surface area contributed by atoms with Crippen LogP contribution in [-0.4, -0.2) is 20.9 Å². The zero-order chi connectivity index (χ0) is 13.1. The lowest BCUT2D eigenvalue weighted by molar-refractivity contribution is 0.810. The molecule has 0 aliphatic carbocycles. The van der Waals surface area contributed by atoms with Crippen molar-refractivity contribution in [1.82, 2.24) is 14.4 Å². The second-order valence-electron chi connectivity index (χ2n) is 4.50. The Hall–Kier alpha value is -2.20. The number of imidazole rings is 1. The van der Waals surface area contributed by atoms with E-state index in [4.69, 9.17) is 5.73 Å². The second kappa shape index (κ2) is 5.20. The van der Waals surface area contributed by atoms with Gasteiger partial charge in [0.15, 0.2) is 0 Å². The summed E-state index contributed by atoms with van der Waals surface area (Å²) in [6.45, 7) is 0.696. The normalized spacial score (nSPS) is 11.0. The first-order valence-electron chi connectivity index (χ1n) is 6.46. The highest BCUT2D eigenvalue weighted by atomic mass is 15.0. The molecule has 0 aliphatic rings. The van der Waals surface area contributed by atoms with Gasteiger partial charge in [-0.25, -0.2) is 4.98 Å². The number of fused-ring (bicyclic) bond motifs is 1. The topological polar surface area (TPSA) is 56.2 Å². The van der Waals surface area contributed by atoms with E-state index < -0.39 is 0 Å². The van der Waals surface area contributed by atoms with Gasteiger partial charge >= 0.3 is 0 Å². The predicted octanol–water partition coefficient (Wildman–Crippen LogP) is 2.29. The van der Waals surface area contributed by atoms with Crippen LogP contribution in [-0.2, 0) is 6.42 Å². The summed E-state index contributed by atoms with van der Waals surface area (Å²) in [4.78, 5) is 8.79. The van der Waals surface area contributed by atoms with Crippen LogP contribution in [0.1, 0.15) is 12.1 Å². The fourth-order valence-electron chi connectivity index (χ4n) is 2.20. The van der Waals surface area contributed by atoms with Crippen LogP contribution in [0.5, 0.6) is 0 Å². The smallest absolute Gasteiger partial charge is 0.137 e. The molecule has 0 aliphatic heterocycles. The Kier molecular flexibility index (Phi) is 3.25. The van der Waals surface area contributed by atoms with Crippen molar-refractivity contribution in [3.63, 3.8) is 0 Å². The zero-order valence-electron chi connectivity index (χ0n) is 10.7. The lowest BCUT2D eigenvalue weighted by Crippen LogP contribution is -2.01. The largest absolute Gasteiger partial charge is 0.330 e. The molecule has 0 amide bonds. The van der Waals surface area contributed by atoms with Crippen LogP contribution in [0, 0.1) is 0 Å². The Morgan fingerprint density at radius 1 is 1.16 bits per heavy atom. The van der Waals surface area contributed by atoms with E-state index in [9.17, 15) is 0 Å². The van der Waals surface area contributed by atoms with Crippen LogP contribution in [0.25, 0.3) is 16.9 Å². The van der Waals surface area contributed by atoms with Crippen LogP contribution in [0.15, 0.2) is 48.9 Å². The molecule has 4 heteroatoms. The molecule has 3 heterocycles. The fourth-order valence-corrected chi connectivity index (χ4v) is 2.20. The molecular formula is C15H16N4. The molecule has 0 saturated heterocycles. The second-order valence-corrected chi connectivity index (χ2v) is 4.50. The van der Waals surface area contributed by atoms with Gasteiger partial charge in [-0.15, -0.1) is 0 Å². The van der Waals surface area contributed by atoms with E-state index in [1.54, 1.807) is 0 Å². The molecule has 3 aromatic heterocycles. The van der Waals surface area contributed by atoms with E-state index in [0.717, 1.165) is 35.4 Å². The van der Waals surface area contributed by atoms with Crippen LogP contribution in [0.3, 0.4) is 0 Å². The maximum absolute atomic E-state index is 5.54. The summed E-state index contributed by atoms with van der Waals surface area (Å²) in [7, 11) is 0. The SMILES string of the molecule is NCCCc1cc(-c2cnc3ccccn23)ccn1. The first kappa shape index (κ1) is 11.9. The van der Waals surface area contributed by atoms with Crippen molar-refractivity contribution < 1.29 is 0 Å². The van der Waals surface area contributed by atoms with Crippen molar-refractivity contribution in [2.24, 2.45) is 5.73 Å². The number of aromatic nitrogens is 3. The Balaban J connectivity index is 2.01. The van der Waals surface area contributed by atoms with Crippen molar-refractivity contribution in [2.75, 3.05) is 6.54 Å². The van der Waals surface area contributed by atoms with Gasteiger partial charge < -0.3 is 5.73 Å². The van der Waals surface area contributed by atoms with Gasteiger partial charge in [0.1, 0.15) is 5.65 Å². The first-order chi connectivity index (χ1) is 9.38. The van der Waals surface area contributed by atoms with Gasteiger partial charge in [-0.2, -0.15) is 0 Å². The van der Waals surface area contributed by atoms with Gasteiger partial charge in [0.25, 0.3) is 0 Å². The molecule has 0 aromatic carbocycles. The summed E-state index contributed by atoms with van der Waals surface area (Å²) in [5, 5.41) is 0. The lowest BCUT2D eigenvalue weighted by atomic mass is 10.1. The Bertz CT molecular complexity index is 687. The van der Waals surface area contributed by atoms with Crippen molar-refractivity contribution in [1.29, 1.82) is 0 Å². The Labute approximate surface area is 111 Å². The van der Waals surface area contributed by atoms with E-state index in [0.29, 0.717) is 6.54 Å². The fraction of sp³-hybridized carbons (Fsp3) is 0.200. The molecule has 0 saturated carbocycles. The number of hydrogen-bond acceptors (Lipinski definition) is 3. The van der Waals surface area contributed by atoms with Crippen LogP contribution < -0.4 is 5.73 Å². The molecule has 3 aromatic rings.